The van der Waals surface area contributed by atoms with Gasteiger partial charge in [-0.2, -0.15) is 5.26 Å². The predicted octanol–water partition coefficient (Wildman–Crippen LogP) is 5.86. The molecule has 0 spiro atoms. The van der Waals surface area contributed by atoms with Gasteiger partial charge in [-0.1, -0.05) is 12.1 Å². The highest BCUT2D eigenvalue weighted by atomic mass is 127. The van der Waals surface area contributed by atoms with E-state index in [2.05, 4.69) is 50.5 Å². The lowest BCUT2D eigenvalue weighted by Gasteiger charge is -2.12. The SMILES string of the molecule is N#C/C(=C\c1cc(I)c(OCc2ccc(C(=O)O)cc2)c(I)c1)C(=O)Nc1ccc(F)cc1. The lowest BCUT2D eigenvalue weighted by molar-refractivity contribution is -0.112. The summed E-state index contributed by atoms with van der Waals surface area (Å²) < 4.78 is 20.5. The zero-order chi connectivity index (χ0) is 24.0. The molecular weight excluding hydrogens is 653 g/mol. The maximum atomic E-state index is 13.0. The second kappa shape index (κ2) is 11.2. The number of nitriles is 1. The maximum Gasteiger partial charge on any atom is 0.335 e. The van der Waals surface area contributed by atoms with Crippen LogP contribution in [0, 0.1) is 24.3 Å². The van der Waals surface area contributed by atoms with Crippen molar-refractivity contribution in [2.24, 2.45) is 0 Å². The van der Waals surface area contributed by atoms with E-state index in [-0.39, 0.29) is 17.7 Å². The molecule has 0 aliphatic carbocycles. The topological polar surface area (TPSA) is 99.4 Å². The number of hydrogen-bond donors (Lipinski definition) is 2. The van der Waals surface area contributed by atoms with Crippen LogP contribution in [0.2, 0.25) is 0 Å². The Morgan fingerprint density at radius 1 is 1.06 bits per heavy atom. The van der Waals surface area contributed by atoms with E-state index >= 15 is 0 Å². The maximum absolute atomic E-state index is 13.0. The summed E-state index contributed by atoms with van der Waals surface area (Å²) in [5, 5.41) is 21.0. The summed E-state index contributed by atoms with van der Waals surface area (Å²) in [6.07, 6.45) is 1.47. The Hall–Kier alpha value is -2.98. The van der Waals surface area contributed by atoms with Crippen molar-refractivity contribution in [3.63, 3.8) is 0 Å². The van der Waals surface area contributed by atoms with Crippen LogP contribution < -0.4 is 10.1 Å². The number of rotatable bonds is 7. The molecule has 0 atom stereocenters. The number of nitrogens with zero attached hydrogens (tertiary/aromatic N) is 1. The first-order chi connectivity index (χ1) is 15.8. The van der Waals surface area contributed by atoms with Crippen LogP contribution in [0.3, 0.4) is 0 Å². The highest BCUT2D eigenvalue weighted by molar-refractivity contribution is 14.1. The quantitative estimate of drug-likeness (QED) is 0.187. The number of halogens is 3. The minimum Gasteiger partial charge on any atom is -0.487 e. The number of hydrogen-bond acceptors (Lipinski definition) is 4. The fourth-order valence-electron chi connectivity index (χ4n) is 2.75. The Bertz CT molecular complexity index is 1240. The molecule has 0 saturated carbocycles. The van der Waals surface area contributed by atoms with Gasteiger partial charge >= 0.3 is 5.97 Å². The number of carbonyl (C=O) groups is 2. The number of nitrogens with one attached hydrogen (secondary N) is 1. The number of carboxylic acid groups (broad SMARTS) is 1. The summed E-state index contributed by atoms with van der Waals surface area (Å²) in [4.78, 5) is 23.4. The van der Waals surface area contributed by atoms with E-state index < -0.39 is 17.7 Å². The molecule has 0 saturated heterocycles. The molecule has 0 heterocycles. The lowest BCUT2D eigenvalue weighted by Crippen LogP contribution is -2.13. The Labute approximate surface area is 216 Å². The molecule has 3 aromatic rings. The number of aromatic carboxylic acids is 1. The van der Waals surface area contributed by atoms with E-state index in [1.54, 1.807) is 24.3 Å². The van der Waals surface area contributed by atoms with Crippen molar-refractivity contribution in [3.05, 3.63) is 95.9 Å². The number of ether oxygens (including phenoxy) is 1. The average molecular weight is 668 g/mol. The minimum atomic E-state index is -0.988. The molecule has 3 aromatic carbocycles. The third-order valence-electron chi connectivity index (χ3n) is 4.38. The Morgan fingerprint density at radius 3 is 2.21 bits per heavy atom. The summed E-state index contributed by atoms with van der Waals surface area (Å²) in [7, 11) is 0. The van der Waals surface area contributed by atoms with Gasteiger partial charge in [0.25, 0.3) is 5.91 Å². The Kier molecular flexibility index (Phi) is 8.40. The van der Waals surface area contributed by atoms with Gasteiger partial charge < -0.3 is 15.2 Å². The molecule has 0 aliphatic heterocycles. The molecule has 0 unspecified atom stereocenters. The molecule has 0 fully saturated rings. The van der Waals surface area contributed by atoms with Crippen molar-refractivity contribution in [3.8, 4) is 11.8 Å². The fourth-order valence-corrected chi connectivity index (χ4v) is 4.87. The summed E-state index contributed by atoms with van der Waals surface area (Å²) in [5.74, 6) is -1.37. The zero-order valence-electron chi connectivity index (χ0n) is 16.8. The molecule has 0 aliphatic rings. The summed E-state index contributed by atoms with van der Waals surface area (Å²) >= 11 is 4.22. The van der Waals surface area contributed by atoms with Crippen molar-refractivity contribution >= 4 is 68.8 Å². The van der Waals surface area contributed by atoms with Gasteiger partial charge in [0.2, 0.25) is 0 Å². The first-order valence-corrected chi connectivity index (χ1v) is 11.6. The zero-order valence-corrected chi connectivity index (χ0v) is 21.1. The van der Waals surface area contributed by atoms with E-state index in [0.717, 1.165) is 12.7 Å². The average Bonchev–Trinajstić information content (AvgIpc) is 2.78. The highest BCUT2D eigenvalue weighted by Gasteiger charge is 2.13. The lowest BCUT2D eigenvalue weighted by atomic mass is 10.1. The molecular formula is C24H15FI2N2O4. The van der Waals surface area contributed by atoms with Crippen LogP contribution in [0.5, 0.6) is 5.75 Å². The third-order valence-corrected chi connectivity index (χ3v) is 5.99. The molecule has 1 amide bonds. The van der Waals surface area contributed by atoms with Crippen molar-refractivity contribution in [1.82, 2.24) is 0 Å². The summed E-state index contributed by atoms with van der Waals surface area (Å²) in [5.41, 5.74) is 1.95. The predicted molar refractivity (Wildman–Crippen MR) is 138 cm³/mol. The molecule has 2 N–H and O–H groups in total. The van der Waals surface area contributed by atoms with Gasteiger partial charge in [0, 0.05) is 5.69 Å². The number of carbonyl (C=O) groups excluding carboxylic acids is 1. The molecule has 0 radical (unpaired) electrons. The van der Waals surface area contributed by atoms with Gasteiger partial charge in [0.15, 0.2) is 0 Å². The van der Waals surface area contributed by atoms with Crippen LogP contribution in [-0.4, -0.2) is 17.0 Å². The Morgan fingerprint density at radius 2 is 1.67 bits per heavy atom. The van der Waals surface area contributed by atoms with Crippen LogP contribution in [0.1, 0.15) is 21.5 Å². The molecule has 0 bridgehead atoms. The molecule has 166 valence electrons. The first-order valence-electron chi connectivity index (χ1n) is 9.39. The van der Waals surface area contributed by atoms with Crippen LogP contribution in [0.4, 0.5) is 10.1 Å². The van der Waals surface area contributed by atoms with Crippen molar-refractivity contribution in [2.75, 3.05) is 5.32 Å². The van der Waals surface area contributed by atoms with Crippen molar-refractivity contribution in [2.45, 2.75) is 6.61 Å². The van der Waals surface area contributed by atoms with Crippen LogP contribution in [0.15, 0.2) is 66.2 Å². The Balaban J connectivity index is 1.74. The number of benzene rings is 3. The normalized spacial score (nSPS) is 10.9. The van der Waals surface area contributed by atoms with Gasteiger partial charge in [-0.15, -0.1) is 0 Å². The van der Waals surface area contributed by atoms with Gasteiger partial charge in [0.1, 0.15) is 29.8 Å². The second-order valence-electron chi connectivity index (χ2n) is 6.74. The number of amides is 1. The number of anilines is 1. The second-order valence-corrected chi connectivity index (χ2v) is 9.06. The van der Waals surface area contributed by atoms with Crippen LogP contribution in [0.25, 0.3) is 6.08 Å². The molecule has 6 nitrogen and oxygen atoms in total. The summed E-state index contributed by atoms with van der Waals surface area (Å²) in [6, 6.07) is 17.1. The van der Waals surface area contributed by atoms with E-state index in [0.29, 0.717) is 17.0 Å². The van der Waals surface area contributed by atoms with E-state index in [1.807, 2.05) is 6.07 Å². The van der Waals surface area contributed by atoms with E-state index in [9.17, 15) is 19.2 Å². The number of carboxylic acids is 1. The van der Waals surface area contributed by atoms with E-state index in [4.69, 9.17) is 9.84 Å². The highest BCUT2D eigenvalue weighted by Crippen LogP contribution is 2.30. The minimum absolute atomic E-state index is 0.0990. The molecule has 9 heteroatoms. The van der Waals surface area contributed by atoms with Crippen LogP contribution in [-0.2, 0) is 11.4 Å². The monoisotopic (exact) mass is 668 g/mol. The van der Waals surface area contributed by atoms with Crippen molar-refractivity contribution in [1.29, 1.82) is 5.26 Å². The van der Waals surface area contributed by atoms with E-state index in [1.165, 1.54) is 42.5 Å². The van der Waals surface area contributed by atoms with Gasteiger partial charge in [-0.3, -0.25) is 4.79 Å². The van der Waals surface area contributed by atoms with Gasteiger partial charge in [0.05, 0.1) is 12.7 Å². The van der Waals surface area contributed by atoms with Crippen LogP contribution >= 0.6 is 45.2 Å². The van der Waals surface area contributed by atoms with Gasteiger partial charge in [-0.25, -0.2) is 9.18 Å². The third kappa shape index (κ3) is 6.75. The fraction of sp³-hybridized carbons (Fsp3) is 0.0417. The molecule has 33 heavy (non-hydrogen) atoms. The summed E-state index contributed by atoms with van der Waals surface area (Å²) in [6.45, 7) is 0.255. The van der Waals surface area contributed by atoms with Gasteiger partial charge in [-0.05, 0) is 111 Å². The smallest absolute Gasteiger partial charge is 0.335 e. The van der Waals surface area contributed by atoms with Crippen molar-refractivity contribution < 1.29 is 23.8 Å². The standard InChI is InChI=1S/C24H15FI2N2O4/c25-18-5-7-19(8-6-18)29-23(30)17(12-28)9-15-10-20(26)22(21(27)11-15)33-13-14-1-3-16(4-2-14)24(31)32/h1-11H,13H2,(H,29,30)(H,31,32)/b17-9+. The largest absolute Gasteiger partial charge is 0.487 e. The first kappa shape index (κ1) is 24.7. The molecule has 3 rings (SSSR count). The molecule has 0 aromatic heterocycles.